The minimum Gasteiger partial charge on any atom is -0.481 e. The number of allylic oxidation sites excluding steroid dienone is 4. The summed E-state index contributed by atoms with van der Waals surface area (Å²) in [6.45, 7) is 7.11. The number of benzene rings is 1. The minimum atomic E-state index is -3.23. The number of rotatable bonds is 5. The van der Waals surface area contributed by atoms with Crippen LogP contribution in [0.3, 0.4) is 0 Å². The number of nitrogens with one attached hydrogen (secondary N) is 2. The van der Waals surface area contributed by atoms with E-state index in [9.17, 15) is 8.42 Å². The molecule has 216 valence electrons. The highest BCUT2D eigenvalue weighted by atomic mass is 35.5. The maximum Gasteiger partial charge on any atom is 0.300 e. The first-order valence-electron chi connectivity index (χ1n) is 13.3. The van der Waals surface area contributed by atoms with Crippen LogP contribution in [0.25, 0.3) is 0 Å². The van der Waals surface area contributed by atoms with Crippen LogP contribution in [0.15, 0.2) is 80.8 Å². The summed E-state index contributed by atoms with van der Waals surface area (Å²) < 4.78 is 23.3. The van der Waals surface area contributed by atoms with E-state index in [2.05, 4.69) is 58.9 Å². The molecule has 40 heavy (non-hydrogen) atoms. The normalized spacial score (nSPS) is 24.2. The molecule has 2 unspecified atom stereocenters. The number of carboxylic acids is 1. The molecule has 0 spiro atoms. The number of carbonyl (C=O) groups is 1. The fourth-order valence-corrected chi connectivity index (χ4v) is 5.54. The Morgan fingerprint density at radius 1 is 1.18 bits per heavy atom. The van der Waals surface area contributed by atoms with Gasteiger partial charge in [0.05, 0.1) is 17.0 Å². The number of terminal acetylenes is 1. The Labute approximate surface area is 244 Å². The average molecular weight is 586 g/mol. The van der Waals surface area contributed by atoms with Crippen molar-refractivity contribution < 1.29 is 18.3 Å². The second-order valence-corrected chi connectivity index (χ2v) is 12.7. The van der Waals surface area contributed by atoms with Gasteiger partial charge in [-0.05, 0) is 62.3 Å². The molecular weight excluding hydrogens is 546 g/mol. The molecule has 1 aliphatic heterocycles. The third-order valence-electron chi connectivity index (χ3n) is 6.79. The van der Waals surface area contributed by atoms with E-state index >= 15 is 0 Å². The number of carboxylic acid groups (broad SMARTS) is 1. The van der Waals surface area contributed by atoms with E-state index in [-0.39, 0.29) is 12.1 Å². The SMILES string of the molecule is C#CN/C(C)=C\C(Cl)=C(/C)C1=NC2C=CC(S(C)(=O)=O)=CC2N1.CC(=O)O.CC1CCC(c2ccccc2)CC1. The smallest absolute Gasteiger partial charge is 0.300 e. The van der Waals surface area contributed by atoms with Gasteiger partial charge in [-0.25, -0.2) is 8.42 Å². The van der Waals surface area contributed by atoms with Crippen LogP contribution in [0, 0.1) is 18.4 Å². The predicted octanol–water partition coefficient (Wildman–Crippen LogP) is 5.89. The zero-order chi connectivity index (χ0) is 29.9. The maximum atomic E-state index is 11.6. The number of aliphatic carboxylic acids is 1. The van der Waals surface area contributed by atoms with E-state index in [4.69, 9.17) is 27.9 Å². The van der Waals surface area contributed by atoms with Gasteiger partial charge in [0.2, 0.25) is 0 Å². The highest BCUT2D eigenvalue weighted by molar-refractivity contribution is 7.94. The number of sulfone groups is 1. The summed E-state index contributed by atoms with van der Waals surface area (Å²) in [6.07, 6.45) is 18.7. The standard InChI is InChI=1S/C16H18ClN3O2S.C13H18.C2H4O2/c1-5-18-10(2)8-13(17)11(3)16-19-14-7-6-12(23(4,21)22)9-15(14)20-16;1-11-7-9-13(10-8-11)12-5-3-2-4-6-12;1-2(3)4/h1,6-9,14-15,18H,2-4H3,(H,19,20);2-6,11,13H,7-10H2,1H3;1H3,(H,3,4)/b10-8-,13-11-;;. The van der Waals surface area contributed by atoms with Crippen LogP contribution < -0.4 is 10.6 Å². The number of hydrogen-bond acceptors (Lipinski definition) is 6. The van der Waals surface area contributed by atoms with Crippen molar-refractivity contribution in [1.82, 2.24) is 10.6 Å². The summed E-state index contributed by atoms with van der Waals surface area (Å²) in [7, 11) is -3.23. The second kappa shape index (κ2) is 15.5. The van der Waals surface area contributed by atoms with Gasteiger partial charge in [-0.1, -0.05) is 74.2 Å². The van der Waals surface area contributed by atoms with Gasteiger partial charge in [0.1, 0.15) is 5.84 Å². The van der Waals surface area contributed by atoms with Crippen molar-refractivity contribution in [3.8, 4) is 12.5 Å². The Bertz CT molecular complexity index is 1330. The van der Waals surface area contributed by atoms with Gasteiger partial charge < -0.3 is 15.7 Å². The summed E-state index contributed by atoms with van der Waals surface area (Å²) >= 11 is 6.29. The molecule has 0 aromatic heterocycles. The van der Waals surface area contributed by atoms with E-state index in [1.807, 2.05) is 13.8 Å². The van der Waals surface area contributed by atoms with Crippen molar-refractivity contribution in [2.24, 2.45) is 10.9 Å². The quantitative estimate of drug-likeness (QED) is 0.226. The topological polar surface area (TPSA) is 108 Å². The van der Waals surface area contributed by atoms with E-state index in [1.54, 1.807) is 29.9 Å². The lowest BCUT2D eigenvalue weighted by atomic mass is 9.79. The highest BCUT2D eigenvalue weighted by Gasteiger charge is 2.30. The largest absolute Gasteiger partial charge is 0.481 e. The van der Waals surface area contributed by atoms with Gasteiger partial charge in [0, 0.05) is 35.5 Å². The molecule has 0 bridgehead atoms. The number of nitrogens with zero attached hydrogens (tertiary/aromatic N) is 1. The summed E-state index contributed by atoms with van der Waals surface area (Å²) in [4.78, 5) is 13.8. The van der Waals surface area contributed by atoms with Crippen LogP contribution in [-0.4, -0.2) is 43.7 Å². The van der Waals surface area contributed by atoms with Crippen molar-refractivity contribution in [2.45, 2.75) is 71.4 Å². The van der Waals surface area contributed by atoms with Gasteiger partial charge in [-0.3, -0.25) is 9.79 Å². The molecule has 1 saturated carbocycles. The third-order valence-corrected chi connectivity index (χ3v) is 8.31. The van der Waals surface area contributed by atoms with Gasteiger partial charge in [-0.2, -0.15) is 0 Å². The van der Waals surface area contributed by atoms with E-state index in [1.165, 1.54) is 31.9 Å². The van der Waals surface area contributed by atoms with Gasteiger partial charge in [0.15, 0.2) is 9.84 Å². The molecule has 3 aliphatic rings. The molecule has 0 radical (unpaired) electrons. The van der Waals surface area contributed by atoms with Crippen LogP contribution in [0.1, 0.15) is 64.9 Å². The molecule has 0 amide bonds. The van der Waals surface area contributed by atoms with Crippen molar-refractivity contribution >= 4 is 33.2 Å². The molecular formula is C31H40ClN3O4S. The fraction of sp³-hybridized carbons (Fsp3) is 0.419. The number of halogens is 1. The molecule has 2 aliphatic carbocycles. The predicted molar refractivity (Wildman–Crippen MR) is 165 cm³/mol. The van der Waals surface area contributed by atoms with Crippen LogP contribution in [0.2, 0.25) is 0 Å². The molecule has 4 rings (SSSR count). The van der Waals surface area contributed by atoms with E-state index in [0.29, 0.717) is 15.8 Å². The molecule has 7 nitrogen and oxygen atoms in total. The Morgan fingerprint density at radius 2 is 1.77 bits per heavy atom. The van der Waals surface area contributed by atoms with Crippen LogP contribution in [0.5, 0.6) is 0 Å². The minimum absolute atomic E-state index is 0.135. The lowest BCUT2D eigenvalue weighted by molar-refractivity contribution is -0.134. The first kappa shape index (κ1) is 32.9. The molecule has 1 heterocycles. The van der Waals surface area contributed by atoms with E-state index < -0.39 is 15.8 Å². The number of fused-ring (bicyclic) bond motifs is 1. The Hall–Kier alpha value is -3.28. The van der Waals surface area contributed by atoms with E-state index in [0.717, 1.165) is 30.0 Å². The monoisotopic (exact) mass is 585 g/mol. The lowest BCUT2D eigenvalue weighted by Gasteiger charge is -2.26. The van der Waals surface area contributed by atoms with Crippen LogP contribution in [-0.2, 0) is 14.6 Å². The first-order chi connectivity index (χ1) is 18.8. The lowest BCUT2D eigenvalue weighted by Crippen LogP contribution is -2.34. The van der Waals surface area contributed by atoms with Gasteiger partial charge in [-0.15, -0.1) is 0 Å². The summed E-state index contributed by atoms with van der Waals surface area (Å²) in [6, 6.07) is 13.0. The fourth-order valence-electron chi connectivity index (χ4n) is 4.57. The van der Waals surface area contributed by atoms with Crippen molar-refractivity contribution in [2.75, 3.05) is 6.26 Å². The number of amidine groups is 1. The van der Waals surface area contributed by atoms with Crippen LogP contribution in [0.4, 0.5) is 0 Å². The maximum absolute atomic E-state index is 11.6. The molecule has 3 N–H and O–H groups in total. The Balaban J connectivity index is 0.000000275. The highest BCUT2D eigenvalue weighted by Crippen LogP contribution is 2.35. The van der Waals surface area contributed by atoms with Crippen LogP contribution >= 0.6 is 11.6 Å². The molecule has 9 heteroatoms. The Kier molecular flexibility index (Phi) is 12.8. The van der Waals surface area contributed by atoms with Crippen molar-refractivity contribution in [3.05, 3.63) is 81.4 Å². The second-order valence-electron chi connectivity index (χ2n) is 10.3. The van der Waals surface area contributed by atoms with Crippen molar-refractivity contribution in [3.63, 3.8) is 0 Å². The Morgan fingerprint density at radius 3 is 2.33 bits per heavy atom. The molecule has 1 aromatic carbocycles. The summed E-state index contributed by atoms with van der Waals surface area (Å²) in [5.74, 6) is 1.61. The molecule has 1 fully saturated rings. The summed E-state index contributed by atoms with van der Waals surface area (Å²) in [5, 5.41) is 13.8. The number of hydrogen-bond donors (Lipinski definition) is 3. The zero-order valence-electron chi connectivity index (χ0n) is 23.8. The molecule has 1 aromatic rings. The average Bonchev–Trinajstić information content (AvgIpc) is 3.32. The summed E-state index contributed by atoms with van der Waals surface area (Å²) in [5.41, 5.74) is 3.06. The third kappa shape index (κ3) is 10.7. The van der Waals surface area contributed by atoms with Gasteiger partial charge in [0.25, 0.3) is 5.97 Å². The molecule has 2 atom stereocenters. The number of aliphatic imine (C=N–C) groups is 1. The zero-order valence-corrected chi connectivity index (χ0v) is 25.4. The van der Waals surface area contributed by atoms with Crippen molar-refractivity contribution in [1.29, 1.82) is 0 Å². The van der Waals surface area contributed by atoms with Gasteiger partial charge >= 0.3 is 0 Å². The first-order valence-corrected chi connectivity index (χ1v) is 15.5. The molecule has 0 saturated heterocycles.